The van der Waals surface area contributed by atoms with E-state index >= 15 is 0 Å². The van der Waals surface area contributed by atoms with Gasteiger partial charge in [-0.25, -0.2) is 4.98 Å². The lowest BCUT2D eigenvalue weighted by molar-refractivity contribution is 1.32. The largest absolute Gasteiger partial charge is 0.248 e. The van der Waals surface area contributed by atoms with E-state index in [4.69, 9.17) is 4.98 Å². The Morgan fingerprint density at radius 3 is 1.10 bits per heavy atom. The fourth-order valence-corrected chi connectivity index (χ4v) is 7.07. The molecule has 0 spiro atoms. The van der Waals surface area contributed by atoms with E-state index in [0.717, 1.165) is 33.6 Å². The van der Waals surface area contributed by atoms with Crippen molar-refractivity contribution in [2.75, 3.05) is 0 Å². The molecule has 1 heteroatoms. The van der Waals surface area contributed by atoms with Gasteiger partial charge in [0.25, 0.3) is 0 Å². The van der Waals surface area contributed by atoms with Crippen molar-refractivity contribution < 1.29 is 0 Å². The maximum Gasteiger partial charge on any atom is 0.0715 e. The fourth-order valence-electron chi connectivity index (χ4n) is 7.07. The number of hydrogen-bond donors (Lipinski definition) is 0. The van der Waals surface area contributed by atoms with Gasteiger partial charge in [0.15, 0.2) is 0 Å². The second kappa shape index (κ2) is 12.8. The van der Waals surface area contributed by atoms with Crippen LogP contribution in [0.15, 0.2) is 200 Å². The fraction of sp³-hybridized carbons (Fsp3) is 0. The molecule has 0 unspecified atom stereocenters. The molecule has 0 aliphatic rings. The van der Waals surface area contributed by atoms with Crippen molar-refractivity contribution in [3.8, 4) is 67.0 Å². The van der Waals surface area contributed by atoms with Crippen molar-refractivity contribution in [1.82, 2.24) is 4.98 Å². The van der Waals surface area contributed by atoms with Crippen molar-refractivity contribution in [1.29, 1.82) is 0 Å². The zero-order chi connectivity index (χ0) is 33.3. The second-order valence-electron chi connectivity index (χ2n) is 12.8. The third kappa shape index (κ3) is 5.66. The van der Waals surface area contributed by atoms with Gasteiger partial charge in [-0.1, -0.05) is 188 Å². The van der Waals surface area contributed by atoms with Crippen molar-refractivity contribution in [3.63, 3.8) is 0 Å². The molecular formula is C49H33N. The third-order valence-corrected chi connectivity index (χ3v) is 9.71. The van der Waals surface area contributed by atoms with Crippen LogP contribution in [0, 0.1) is 0 Å². The molecule has 0 aliphatic heterocycles. The summed E-state index contributed by atoms with van der Waals surface area (Å²) < 4.78 is 0. The first kappa shape index (κ1) is 29.6. The maximum absolute atomic E-state index is 5.25. The van der Waals surface area contributed by atoms with Crippen LogP contribution in [-0.2, 0) is 0 Å². The van der Waals surface area contributed by atoms with Gasteiger partial charge in [-0.2, -0.15) is 0 Å². The highest BCUT2D eigenvalue weighted by molar-refractivity contribution is 5.98. The number of hydrogen-bond acceptors (Lipinski definition) is 1. The standard InChI is InChI=1S/C49H33N/c1-2-10-34(11-3-1)35-22-28-41(29-23-35)48-32-43(36-20-24-39(25-21-36)46-18-8-14-37-12-4-6-16-44(37)46)33-49(50-48)42-30-26-40(27-31-42)47-19-9-15-38-13-5-7-17-45(38)47/h1-33H. The Balaban J connectivity index is 1.12. The Morgan fingerprint density at radius 2 is 0.600 bits per heavy atom. The topological polar surface area (TPSA) is 12.9 Å². The predicted octanol–water partition coefficient (Wildman–Crippen LogP) is 13.4. The van der Waals surface area contributed by atoms with Crippen LogP contribution >= 0.6 is 0 Å². The summed E-state index contributed by atoms with van der Waals surface area (Å²) in [4.78, 5) is 5.25. The first-order chi connectivity index (χ1) is 24.8. The first-order valence-corrected chi connectivity index (χ1v) is 17.1. The van der Waals surface area contributed by atoms with Gasteiger partial charge < -0.3 is 0 Å². The van der Waals surface area contributed by atoms with Gasteiger partial charge in [-0.15, -0.1) is 0 Å². The zero-order valence-corrected chi connectivity index (χ0v) is 27.5. The Labute approximate surface area is 292 Å². The minimum absolute atomic E-state index is 0.951. The highest BCUT2D eigenvalue weighted by atomic mass is 14.7. The summed E-state index contributed by atoms with van der Waals surface area (Å²) in [6.07, 6.45) is 0. The summed E-state index contributed by atoms with van der Waals surface area (Å²) in [7, 11) is 0. The third-order valence-electron chi connectivity index (χ3n) is 9.71. The number of nitrogens with zero attached hydrogens (tertiary/aromatic N) is 1. The lowest BCUT2D eigenvalue weighted by Gasteiger charge is -2.13. The molecule has 0 atom stereocenters. The summed E-state index contributed by atoms with van der Waals surface area (Å²) in [5.74, 6) is 0. The van der Waals surface area contributed by atoms with Gasteiger partial charge in [0.2, 0.25) is 0 Å². The van der Waals surface area contributed by atoms with Crippen LogP contribution in [0.2, 0.25) is 0 Å². The molecule has 0 fully saturated rings. The Morgan fingerprint density at radius 1 is 0.240 bits per heavy atom. The summed E-state index contributed by atoms with van der Waals surface area (Å²) in [5.41, 5.74) is 13.7. The Bertz CT molecular complexity index is 2450. The highest BCUT2D eigenvalue weighted by Gasteiger charge is 2.12. The van der Waals surface area contributed by atoms with Crippen molar-refractivity contribution >= 4 is 21.5 Å². The van der Waals surface area contributed by atoms with Gasteiger partial charge in [0.05, 0.1) is 11.4 Å². The number of benzene rings is 8. The average molecular weight is 636 g/mol. The van der Waals surface area contributed by atoms with E-state index in [2.05, 4.69) is 200 Å². The zero-order valence-electron chi connectivity index (χ0n) is 27.5. The molecule has 0 bridgehead atoms. The molecule has 1 nitrogen and oxygen atoms in total. The number of fused-ring (bicyclic) bond motifs is 2. The summed E-state index contributed by atoms with van der Waals surface area (Å²) >= 11 is 0. The summed E-state index contributed by atoms with van der Waals surface area (Å²) in [6, 6.07) is 71.7. The van der Waals surface area contributed by atoms with E-state index in [9.17, 15) is 0 Å². The van der Waals surface area contributed by atoms with E-state index in [1.807, 2.05) is 0 Å². The van der Waals surface area contributed by atoms with E-state index in [1.54, 1.807) is 0 Å². The number of rotatable bonds is 6. The van der Waals surface area contributed by atoms with Crippen LogP contribution < -0.4 is 0 Å². The Kier molecular flexibility index (Phi) is 7.57. The molecule has 8 aromatic carbocycles. The van der Waals surface area contributed by atoms with Crippen molar-refractivity contribution in [3.05, 3.63) is 200 Å². The van der Waals surface area contributed by atoms with Crippen LogP contribution in [0.1, 0.15) is 0 Å². The average Bonchev–Trinajstić information content (AvgIpc) is 3.21. The lowest BCUT2D eigenvalue weighted by atomic mass is 9.94. The van der Waals surface area contributed by atoms with Gasteiger partial charge in [0.1, 0.15) is 0 Å². The molecule has 1 aromatic heterocycles. The van der Waals surface area contributed by atoms with Gasteiger partial charge >= 0.3 is 0 Å². The van der Waals surface area contributed by atoms with Crippen LogP contribution in [0.4, 0.5) is 0 Å². The van der Waals surface area contributed by atoms with Crippen LogP contribution in [-0.4, -0.2) is 4.98 Å². The van der Waals surface area contributed by atoms with Crippen molar-refractivity contribution in [2.24, 2.45) is 0 Å². The van der Waals surface area contributed by atoms with E-state index in [0.29, 0.717) is 0 Å². The highest BCUT2D eigenvalue weighted by Crippen LogP contribution is 2.35. The number of aromatic nitrogens is 1. The molecule has 50 heavy (non-hydrogen) atoms. The lowest BCUT2D eigenvalue weighted by Crippen LogP contribution is -1.92. The predicted molar refractivity (Wildman–Crippen MR) is 212 cm³/mol. The molecule has 0 saturated heterocycles. The summed E-state index contributed by atoms with van der Waals surface area (Å²) in [6.45, 7) is 0. The Hall–Kier alpha value is -6.57. The second-order valence-corrected chi connectivity index (χ2v) is 12.8. The SMILES string of the molecule is c1ccc(-c2ccc(-c3cc(-c4ccc(-c5cccc6ccccc56)cc4)cc(-c4ccc(-c5cccc6ccccc56)cc4)n3)cc2)cc1. The monoisotopic (exact) mass is 635 g/mol. The van der Waals surface area contributed by atoms with Crippen molar-refractivity contribution in [2.45, 2.75) is 0 Å². The van der Waals surface area contributed by atoms with E-state index in [1.165, 1.54) is 54.9 Å². The van der Waals surface area contributed by atoms with Gasteiger partial charge in [-0.05, 0) is 78.2 Å². The van der Waals surface area contributed by atoms with Crippen LogP contribution in [0.3, 0.4) is 0 Å². The number of pyridine rings is 1. The normalized spacial score (nSPS) is 11.2. The molecular weight excluding hydrogens is 603 g/mol. The molecule has 9 aromatic rings. The smallest absolute Gasteiger partial charge is 0.0715 e. The minimum atomic E-state index is 0.951. The minimum Gasteiger partial charge on any atom is -0.248 e. The summed E-state index contributed by atoms with van der Waals surface area (Å²) in [5, 5.41) is 5.03. The van der Waals surface area contributed by atoms with E-state index in [-0.39, 0.29) is 0 Å². The molecule has 1 heterocycles. The molecule has 0 aliphatic carbocycles. The molecule has 0 N–H and O–H groups in total. The molecule has 0 saturated carbocycles. The quantitative estimate of drug-likeness (QED) is 0.177. The van der Waals surface area contributed by atoms with Gasteiger partial charge in [0, 0.05) is 11.1 Å². The van der Waals surface area contributed by atoms with Crippen LogP contribution in [0.5, 0.6) is 0 Å². The molecule has 9 rings (SSSR count). The van der Waals surface area contributed by atoms with E-state index < -0.39 is 0 Å². The molecule has 0 radical (unpaired) electrons. The first-order valence-electron chi connectivity index (χ1n) is 17.1. The molecule has 234 valence electrons. The molecule has 0 amide bonds. The maximum atomic E-state index is 5.25. The van der Waals surface area contributed by atoms with Crippen LogP contribution in [0.25, 0.3) is 88.6 Å². The van der Waals surface area contributed by atoms with Gasteiger partial charge in [-0.3, -0.25) is 0 Å².